The largest absolute Gasteiger partial charge is 0.376 e. The lowest BCUT2D eigenvalue weighted by atomic mass is 9.86. The fourth-order valence-corrected chi connectivity index (χ4v) is 5.14. The molecular formula is C31H21N3O3. The van der Waals surface area contributed by atoms with E-state index in [-0.39, 0.29) is 17.0 Å². The van der Waals surface area contributed by atoms with Gasteiger partial charge in [-0.3, -0.25) is 9.59 Å². The third-order valence-electron chi connectivity index (χ3n) is 6.86. The Morgan fingerprint density at radius 2 is 1.57 bits per heavy atom. The van der Waals surface area contributed by atoms with Crippen molar-refractivity contribution in [2.45, 2.75) is 12.1 Å². The van der Waals surface area contributed by atoms with Crippen LogP contribution in [0, 0.1) is 11.3 Å². The van der Waals surface area contributed by atoms with Crippen molar-refractivity contribution in [1.82, 2.24) is 9.55 Å². The van der Waals surface area contributed by atoms with Crippen molar-refractivity contribution >= 4 is 27.6 Å². The second kappa shape index (κ2) is 8.59. The smallest absolute Gasteiger partial charge is 0.272 e. The zero-order valence-corrected chi connectivity index (χ0v) is 19.7. The molecule has 6 heteroatoms. The highest BCUT2D eigenvalue weighted by atomic mass is 16.3. The van der Waals surface area contributed by atoms with Gasteiger partial charge in [0.25, 0.3) is 5.56 Å². The molecular weight excluding hydrogens is 462 g/mol. The number of benzene rings is 3. The number of hydrogen-bond acceptors (Lipinski definition) is 4. The number of ketones is 1. The van der Waals surface area contributed by atoms with Crippen molar-refractivity contribution in [3.63, 3.8) is 0 Å². The maximum atomic E-state index is 13.8. The van der Waals surface area contributed by atoms with Crippen LogP contribution in [0.2, 0.25) is 0 Å². The minimum atomic E-state index is -1.68. The summed E-state index contributed by atoms with van der Waals surface area (Å²) in [4.78, 5) is 28.6. The first kappa shape index (κ1) is 22.5. The molecule has 0 atom stereocenters. The lowest BCUT2D eigenvalue weighted by molar-refractivity contribution is -0.110. The van der Waals surface area contributed by atoms with E-state index >= 15 is 0 Å². The van der Waals surface area contributed by atoms with Gasteiger partial charge >= 0.3 is 0 Å². The Hall–Kier alpha value is -4.99. The minimum Gasteiger partial charge on any atom is -0.376 e. The molecule has 6 rings (SSSR count). The first-order chi connectivity index (χ1) is 18.0. The summed E-state index contributed by atoms with van der Waals surface area (Å²) in [5.74, 6) is -0.234. The number of hydrogen-bond donors (Lipinski definition) is 2. The second-order valence-corrected chi connectivity index (χ2v) is 9.06. The summed E-state index contributed by atoms with van der Waals surface area (Å²) in [7, 11) is 0. The predicted octanol–water partition coefficient (Wildman–Crippen LogP) is 4.95. The number of aliphatic hydroxyl groups is 1. The van der Waals surface area contributed by atoms with Crippen molar-refractivity contribution < 1.29 is 9.90 Å². The third-order valence-corrected chi connectivity index (χ3v) is 6.86. The molecule has 0 radical (unpaired) electrons. The van der Waals surface area contributed by atoms with Gasteiger partial charge in [-0.1, -0.05) is 66.7 Å². The van der Waals surface area contributed by atoms with E-state index in [0.717, 1.165) is 22.0 Å². The van der Waals surface area contributed by atoms with Crippen LogP contribution >= 0.6 is 0 Å². The lowest BCUT2D eigenvalue weighted by Gasteiger charge is -2.26. The Kier molecular flexibility index (Phi) is 5.22. The molecule has 0 saturated carbocycles. The summed E-state index contributed by atoms with van der Waals surface area (Å²) in [6.07, 6.45) is 5.42. The number of allylic oxidation sites excluding steroid dienone is 2. The number of fused-ring (bicyclic) bond motifs is 3. The van der Waals surface area contributed by atoms with Crippen LogP contribution in [0.5, 0.6) is 0 Å². The van der Waals surface area contributed by atoms with Crippen LogP contribution in [0.25, 0.3) is 32.9 Å². The summed E-state index contributed by atoms with van der Waals surface area (Å²) in [6, 6.07) is 26.9. The highest BCUT2D eigenvalue weighted by Gasteiger charge is 2.33. The second-order valence-electron chi connectivity index (χ2n) is 9.06. The fourth-order valence-electron chi connectivity index (χ4n) is 5.14. The fraction of sp³-hybridized carbons (Fsp3) is 0.0645. The quantitative estimate of drug-likeness (QED) is 0.378. The number of rotatable bonds is 4. The SMILES string of the molecule is N#Cc1ccccc1Cn1c2ccccc2c2c(-c3ccccc3)c(C3(O)C=CC(=O)C=C3)[nH]c(=O)c21. The maximum absolute atomic E-state index is 13.8. The molecule has 6 nitrogen and oxygen atoms in total. The molecule has 1 aliphatic rings. The molecule has 37 heavy (non-hydrogen) atoms. The number of aromatic nitrogens is 2. The van der Waals surface area contributed by atoms with Gasteiger partial charge in [0.2, 0.25) is 0 Å². The van der Waals surface area contributed by atoms with E-state index in [1.807, 2.05) is 77.4 Å². The van der Waals surface area contributed by atoms with E-state index in [0.29, 0.717) is 28.6 Å². The van der Waals surface area contributed by atoms with Crippen molar-refractivity contribution in [3.8, 4) is 17.2 Å². The number of nitrogens with one attached hydrogen (secondary N) is 1. The van der Waals surface area contributed by atoms with Crippen LogP contribution in [-0.4, -0.2) is 20.4 Å². The van der Waals surface area contributed by atoms with E-state index in [4.69, 9.17) is 0 Å². The average molecular weight is 484 g/mol. The summed E-state index contributed by atoms with van der Waals surface area (Å²) in [5, 5.41) is 22.8. The molecule has 178 valence electrons. The highest BCUT2D eigenvalue weighted by Crippen LogP contribution is 2.41. The van der Waals surface area contributed by atoms with Crippen LogP contribution in [0.15, 0.2) is 108 Å². The van der Waals surface area contributed by atoms with Crippen molar-refractivity contribution in [2.75, 3.05) is 0 Å². The number of aromatic amines is 1. The molecule has 5 aromatic rings. The van der Waals surface area contributed by atoms with E-state index < -0.39 is 5.60 Å². The summed E-state index contributed by atoms with van der Waals surface area (Å²) >= 11 is 0. The molecule has 2 heterocycles. The molecule has 0 bridgehead atoms. The molecule has 2 aromatic heterocycles. The Bertz CT molecular complexity index is 1850. The van der Waals surface area contributed by atoms with Crippen LogP contribution in [0.4, 0.5) is 0 Å². The zero-order chi connectivity index (χ0) is 25.6. The van der Waals surface area contributed by atoms with Gasteiger partial charge in [0.1, 0.15) is 11.1 Å². The number of nitriles is 1. The van der Waals surface area contributed by atoms with Crippen molar-refractivity contribution in [2.24, 2.45) is 0 Å². The third kappa shape index (κ3) is 3.61. The van der Waals surface area contributed by atoms with E-state index in [1.54, 1.807) is 6.07 Å². The molecule has 0 spiro atoms. The van der Waals surface area contributed by atoms with E-state index in [2.05, 4.69) is 11.1 Å². The number of nitrogens with zero attached hydrogens (tertiary/aromatic N) is 2. The zero-order valence-electron chi connectivity index (χ0n) is 19.7. The number of pyridine rings is 1. The average Bonchev–Trinajstić information content (AvgIpc) is 3.26. The standard InChI is InChI=1S/C31H21N3O3/c32-18-21-10-4-5-11-22(21)19-34-25-13-7-6-12-24(25)27-26(20-8-2-1-3-9-20)29(33-30(36)28(27)34)31(37)16-14-23(35)15-17-31/h1-17,37H,19H2,(H,33,36). The normalized spacial score (nSPS) is 14.3. The first-order valence-corrected chi connectivity index (χ1v) is 11.9. The van der Waals surface area contributed by atoms with Crippen molar-refractivity contribution in [1.29, 1.82) is 5.26 Å². The van der Waals surface area contributed by atoms with Crippen LogP contribution in [-0.2, 0) is 16.9 Å². The molecule has 3 aromatic carbocycles. The number of carbonyl (C=O) groups excluding carboxylic acids is 1. The molecule has 2 N–H and O–H groups in total. The lowest BCUT2D eigenvalue weighted by Crippen LogP contribution is -2.29. The van der Waals surface area contributed by atoms with Gasteiger partial charge in [-0.2, -0.15) is 5.26 Å². The Balaban J connectivity index is 1.75. The van der Waals surface area contributed by atoms with Gasteiger partial charge in [-0.05, 0) is 47.6 Å². The first-order valence-electron chi connectivity index (χ1n) is 11.9. The van der Waals surface area contributed by atoms with Crippen LogP contribution < -0.4 is 5.56 Å². The monoisotopic (exact) mass is 483 g/mol. The van der Waals surface area contributed by atoms with Crippen LogP contribution in [0.1, 0.15) is 16.8 Å². The van der Waals surface area contributed by atoms with E-state index in [1.165, 1.54) is 24.3 Å². The van der Waals surface area contributed by atoms with Crippen LogP contribution in [0.3, 0.4) is 0 Å². The Labute approximate surface area is 212 Å². The summed E-state index contributed by atoms with van der Waals surface area (Å²) in [6.45, 7) is 0.322. The predicted molar refractivity (Wildman–Crippen MR) is 143 cm³/mol. The number of carbonyl (C=O) groups is 1. The number of para-hydroxylation sites is 1. The van der Waals surface area contributed by atoms with E-state index in [9.17, 15) is 20.0 Å². The summed E-state index contributed by atoms with van der Waals surface area (Å²) < 4.78 is 1.93. The number of H-pyrrole nitrogens is 1. The maximum Gasteiger partial charge on any atom is 0.272 e. The van der Waals surface area contributed by atoms with Gasteiger partial charge in [0, 0.05) is 28.4 Å². The minimum absolute atomic E-state index is 0.234. The molecule has 0 amide bonds. The molecule has 0 saturated heterocycles. The van der Waals surface area contributed by atoms with Gasteiger partial charge in [0.05, 0.1) is 17.3 Å². The highest BCUT2D eigenvalue weighted by molar-refractivity contribution is 6.15. The Morgan fingerprint density at radius 3 is 2.32 bits per heavy atom. The van der Waals surface area contributed by atoms with Crippen molar-refractivity contribution in [3.05, 3.63) is 130 Å². The van der Waals surface area contributed by atoms with Gasteiger partial charge in [0.15, 0.2) is 5.78 Å². The van der Waals surface area contributed by atoms with Gasteiger partial charge < -0.3 is 14.7 Å². The molecule has 0 unspecified atom stereocenters. The Morgan fingerprint density at radius 1 is 0.892 bits per heavy atom. The molecule has 0 aliphatic heterocycles. The molecule has 0 fully saturated rings. The topological polar surface area (TPSA) is 98.9 Å². The molecule has 1 aliphatic carbocycles. The van der Waals surface area contributed by atoms with Gasteiger partial charge in [-0.25, -0.2) is 0 Å². The summed E-state index contributed by atoms with van der Waals surface area (Å²) in [5.41, 5.74) is 2.34. The van der Waals surface area contributed by atoms with Gasteiger partial charge in [-0.15, -0.1) is 0 Å².